The summed E-state index contributed by atoms with van der Waals surface area (Å²) >= 11 is 0. The van der Waals surface area contributed by atoms with Crippen molar-refractivity contribution in [3.05, 3.63) is 41.7 Å². The van der Waals surface area contributed by atoms with Crippen molar-refractivity contribution >= 4 is 5.91 Å². The Hall–Kier alpha value is -2.41. The maximum Gasteiger partial charge on any atom is 0.276 e. The zero-order chi connectivity index (χ0) is 18.6. The van der Waals surface area contributed by atoms with E-state index in [0.29, 0.717) is 5.69 Å². The van der Waals surface area contributed by atoms with Crippen molar-refractivity contribution in [1.29, 1.82) is 0 Å². The van der Waals surface area contributed by atoms with Gasteiger partial charge in [-0.15, -0.1) is 5.10 Å². The molecule has 0 saturated carbocycles. The van der Waals surface area contributed by atoms with E-state index in [1.807, 2.05) is 27.9 Å². The first-order chi connectivity index (χ1) is 13.2. The van der Waals surface area contributed by atoms with Crippen LogP contribution in [0.4, 0.5) is 0 Å². The number of nitrogens with zero attached hydrogens (tertiary/aromatic N) is 5. The topological polar surface area (TPSA) is 63.5 Å². The Bertz CT molecular complexity index is 767. The SMILES string of the molecule is COc1ccc(CN2CCC[C@H](n3cc(C(=O)N4CCCC4)nn3)C2)cc1. The number of carbonyl (C=O) groups excluding carboxylic acids is 1. The van der Waals surface area contributed by atoms with Gasteiger partial charge in [0.1, 0.15) is 5.75 Å². The second-order valence-electron chi connectivity index (χ2n) is 7.46. The summed E-state index contributed by atoms with van der Waals surface area (Å²) in [5.41, 5.74) is 1.75. The van der Waals surface area contributed by atoms with Gasteiger partial charge in [0.05, 0.1) is 19.3 Å². The highest BCUT2D eigenvalue weighted by Gasteiger charge is 2.26. The third-order valence-electron chi connectivity index (χ3n) is 5.54. The lowest BCUT2D eigenvalue weighted by Crippen LogP contribution is -2.36. The molecule has 2 fully saturated rings. The molecule has 0 aliphatic carbocycles. The van der Waals surface area contributed by atoms with Gasteiger partial charge in [0.2, 0.25) is 0 Å². The molecule has 1 atom stereocenters. The van der Waals surface area contributed by atoms with Crippen molar-refractivity contribution < 1.29 is 9.53 Å². The largest absolute Gasteiger partial charge is 0.497 e. The molecule has 144 valence electrons. The molecule has 27 heavy (non-hydrogen) atoms. The number of hydrogen-bond acceptors (Lipinski definition) is 5. The minimum atomic E-state index is 0.0182. The molecule has 0 N–H and O–H groups in total. The van der Waals surface area contributed by atoms with Crippen LogP contribution in [-0.4, -0.2) is 64.0 Å². The summed E-state index contributed by atoms with van der Waals surface area (Å²) in [7, 11) is 1.69. The first-order valence-electron chi connectivity index (χ1n) is 9.79. The molecule has 4 rings (SSSR count). The zero-order valence-corrected chi connectivity index (χ0v) is 15.9. The summed E-state index contributed by atoms with van der Waals surface area (Å²) in [5.74, 6) is 0.901. The van der Waals surface area contributed by atoms with E-state index in [0.717, 1.165) is 64.2 Å². The normalized spacial score (nSPS) is 20.8. The molecule has 3 heterocycles. The highest BCUT2D eigenvalue weighted by molar-refractivity contribution is 5.92. The molecular formula is C20H27N5O2. The van der Waals surface area contributed by atoms with Gasteiger partial charge in [0.25, 0.3) is 5.91 Å². The molecule has 2 aromatic rings. The van der Waals surface area contributed by atoms with Crippen LogP contribution in [0.5, 0.6) is 5.75 Å². The molecule has 2 aliphatic rings. The summed E-state index contributed by atoms with van der Waals surface area (Å²) < 4.78 is 7.12. The predicted molar refractivity (Wildman–Crippen MR) is 102 cm³/mol. The Morgan fingerprint density at radius 2 is 1.93 bits per heavy atom. The number of likely N-dealkylation sites (tertiary alicyclic amines) is 2. The lowest BCUT2D eigenvalue weighted by atomic mass is 10.0. The highest BCUT2D eigenvalue weighted by atomic mass is 16.5. The molecule has 0 bridgehead atoms. The van der Waals surface area contributed by atoms with Gasteiger partial charge in [-0.25, -0.2) is 4.68 Å². The molecule has 0 radical (unpaired) electrons. The van der Waals surface area contributed by atoms with Gasteiger partial charge in [-0.3, -0.25) is 9.69 Å². The molecule has 1 aromatic heterocycles. The fraction of sp³-hybridized carbons (Fsp3) is 0.550. The van der Waals surface area contributed by atoms with Crippen LogP contribution in [0.25, 0.3) is 0 Å². The Morgan fingerprint density at radius 1 is 1.15 bits per heavy atom. The van der Waals surface area contributed by atoms with Gasteiger partial charge >= 0.3 is 0 Å². The van der Waals surface area contributed by atoms with Crippen molar-refractivity contribution in [2.45, 2.75) is 38.3 Å². The van der Waals surface area contributed by atoms with Gasteiger partial charge in [0.15, 0.2) is 5.69 Å². The van der Waals surface area contributed by atoms with E-state index in [9.17, 15) is 4.79 Å². The first kappa shape index (κ1) is 18.0. The summed E-state index contributed by atoms with van der Waals surface area (Å²) in [6, 6.07) is 8.51. The lowest BCUT2D eigenvalue weighted by molar-refractivity contribution is 0.0787. The molecule has 7 nitrogen and oxygen atoms in total. The first-order valence-corrected chi connectivity index (χ1v) is 9.79. The van der Waals surface area contributed by atoms with Crippen LogP contribution in [0, 0.1) is 0 Å². The molecule has 2 aliphatic heterocycles. The van der Waals surface area contributed by atoms with E-state index in [1.165, 1.54) is 5.56 Å². The Balaban J connectivity index is 1.38. The van der Waals surface area contributed by atoms with E-state index < -0.39 is 0 Å². The fourth-order valence-electron chi connectivity index (χ4n) is 4.02. The maximum atomic E-state index is 12.5. The Morgan fingerprint density at radius 3 is 2.67 bits per heavy atom. The minimum absolute atomic E-state index is 0.0182. The Labute approximate surface area is 159 Å². The molecule has 0 spiro atoms. The number of hydrogen-bond donors (Lipinski definition) is 0. The number of benzene rings is 1. The Kier molecular flexibility index (Phi) is 5.38. The summed E-state index contributed by atoms with van der Waals surface area (Å²) in [6.45, 7) is 4.59. The highest BCUT2D eigenvalue weighted by Crippen LogP contribution is 2.23. The monoisotopic (exact) mass is 369 g/mol. The number of methoxy groups -OCH3 is 1. The molecular weight excluding hydrogens is 342 g/mol. The number of rotatable bonds is 5. The van der Waals surface area contributed by atoms with E-state index in [4.69, 9.17) is 4.74 Å². The molecule has 7 heteroatoms. The average molecular weight is 369 g/mol. The van der Waals surface area contributed by atoms with Gasteiger partial charge < -0.3 is 9.64 Å². The van der Waals surface area contributed by atoms with Crippen LogP contribution >= 0.6 is 0 Å². The van der Waals surface area contributed by atoms with Crippen molar-refractivity contribution in [3.63, 3.8) is 0 Å². The summed E-state index contributed by atoms with van der Waals surface area (Å²) in [5, 5.41) is 8.43. The van der Waals surface area contributed by atoms with Crippen LogP contribution in [0.2, 0.25) is 0 Å². The van der Waals surface area contributed by atoms with E-state index in [-0.39, 0.29) is 11.9 Å². The van der Waals surface area contributed by atoms with Crippen LogP contribution in [-0.2, 0) is 6.54 Å². The van der Waals surface area contributed by atoms with E-state index in [2.05, 4.69) is 27.3 Å². The second kappa shape index (κ2) is 8.08. The lowest BCUT2D eigenvalue weighted by Gasteiger charge is -2.32. The van der Waals surface area contributed by atoms with Crippen LogP contribution < -0.4 is 4.74 Å². The third kappa shape index (κ3) is 4.13. The zero-order valence-electron chi connectivity index (χ0n) is 15.9. The molecule has 2 saturated heterocycles. The van der Waals surface area contributed by atoms with Crippen molar-refractivity contribution in [2.75, 3.05) is 33.3 Å². The van der Waals surface area contributed by atoms with Gasteiger partial charge in [-0.2, -0.15) is 0 Å². The van der Waals surface area contributed by atoms with Crippen molar-refractivity contribution in [3.8, 4) is 5.75 Å². The second-order valence-corrected chi connectivity index (χ2v) is 7.46. The summed E-state index contributed by atoms with van der Waals surface area (Å²) in [6.07, 6.45) is 6.20. The third-order valence-corrected chi connectivity index (χ3v) is 5.54. The number of aromatic nitrogens is 3. The number of piperidine rings is 1. The summed E-state index contributed by atoms with van der Waals surface area (Å²) in [4.78, 5) is 16.8. The van der Waals surface area contributed by atoms with Gasteiger partial charge in [-0.1, -0.05) is 17.3 Å². The van der Waals surface area contributed by atoms with Gasteiger partial charge in [-0.05, 0) is 49.9 Å². The predicted octanol–water partition coefficient (Wildman–Crippen LogP) is 2.36. The van der Waals surface area contributed by atoms with Gasteiger partial charge in [0, 0.05) is 26.2 Å². The molecule has 1 amide bonds. The maximum absolute atomic E-state index is 12.5. The van der Waals surface area contributed by atoms with E-state index >= 15 is 0 Å². The number of amides is 1. The van der Waals surface area contributed by atoms with E-state index in [1.54, 1.807) is 7.11 Å². The molecule has 0 unspecified atom stereocenters. The van der Waals surface area contributed by atoms with Crippen LogP contribution in [0.15, 0.2) is 30.5 Å². The minimum Gasteiger partial charge on any atom is -0.497 e. The average Bonchev–Trinajstić information content (AvgIpc) is 3.41. The van der Waals surface area contributed by atoms with Crippen molar-refractivity contribution in [2.24, 2.45) is 0 Å². The van der Waals surface area contributed by atoms with Crippen LogP contribution in [0.1, 0.15) is 47.8 Å². The number of ether oxygens (including phenoxy) is 1. The number of carbonyl (C=O) groups is 1. The standard InChI is InChI=1S/C20H27N5O2/c1-27-18-8-6-16(7-9-18)13-23-10-4-5-17(14-23)25-15-19(21-22-25)20(26)24-11-2-3-12-24/h6-9,15,17H,2-5,10-14H2,1H3/t17-/m0/s1. The fourth-order valence-corrected chi connectivity index (χ4v) is 4.02. The molecule has 1 aromatic carbocycles. The smallest absolute Gasteiger partial charge is 0.276 e. The quantitative estimate of drug-likeness (QED) is 0.810. The van der Waals surface area contributed by atoms with Crippen molar-refractivity contribution in [1.82, 2.24) is 24.8 Å². The van der Waals surface area contributed by atoms with Crippen LogP contribution in [0.3, 0.4) is 0 Å².